The first kappa shape index (κ1) is 33.1. The number of ether oxygens (including phenoxy) is 4. The molecule has 0 aromatic rings. The van der Waals surface area contributed by atoms with Gasteiger partial charge in [-0.1, -0.05) is 53.0 Å². The summed E-state index contributed by atoms with van der Waals surface area (Å²) in [6.07, 6.45) is 16.5. The molecule has 4 heteroatoms. The molecule has 8 unspecified atom stereocenters. The fourth-order valence-corrected chi connectivity index (χ4v) is 5.37. The first-order valence-electron chi connectivity index (χ1n) is 12.7. The third kappa shape index (κ3) is 10.4. The summed E-state index contributed by atoms with van der Waals surface area (Å²) in [5.74, 6) is 4.25. The van der Waals surface area contributed by atoms with Crippen molar-refractivity contribution in [3.8, 4) is 0 Å². The third-order valence-electron chi connectivity index (χ3n) is 7.69. The van der Waals surface area contributed by atoms with Gasteiger partial charge in [0.15, 0.2) is 0 Å². The van der Waals surface area contributed by atoms with Gasteiger partial charge in [0, 0.05) is 14.2 Å². The van der Waals surface area contributed by atoms with Gasteiger partial charge in [0.05, 0.1) is 38.6 Å². The maximum Gasteiger partial charge on any atom is 0.0802 e. The molecule has 200 valence electrons. The Kier molecular flexibility index (Phi) is 17.8. The zero-order chi connectivity index (χ0) is 23.3. The monoisotopic (exact) mass is 480 g/mol. The highest BCUT2D eigenvalue weighted by atomic mass is 16.5. The minimum absolute atomic E-state index is 0. The van der Waals surface area contributed by atoms with Gasteiger partial charge in [0.2, 0.25) is 0 Å². The quantitative estimate of drug-likeness (QED) is 0.243. The molecule has 0 amide bonds. The third-order valence-corrected chi connectivity index (χ3v) is 7.69. The largest absolute Gasteiger partial charge is 0.379 e. The van der Waals surface area contributed by atoms with Gasteiger partial charge in [0.25, 0.3) is 0 Å². The number of methoxy groups -OCH3 is 2. The van der Waals surface area contributed by atoms with Crippen LogP contribution in [0.3, 0.4) is 0 Å². The second-order valence-electron chi connectivity index (χ2n) is 9.77. The molecule has 2 saturated carbocycles. The Morgan fingerprint density at radius 1 is 0.794 bits per heavy atom. The molecule has 0 radical (unpaired) electrons. The number of hydrogen-bond acceptors (Lipinski definition) is 4. The molecule has 3 rings (SSSR count). The van der Waals surface area contributed by atoms with Crippen molar-refractivity contribution in [1.82, 2.24) is 0 Å². The van der Waals surface area contributed by atoms with E-state index in [2.05, 4.69) is 51.3 Å². The highest BCUT2D eigenvalue weighted by Crippen LogP contribution is 2.43. The van der Waals surface area contributed by atoms with Crippen molar-refractivity contribution < 1.29 is 18.9 Å². The van der Waals surface area contributed by atoms with Gasteiger partial charge in [-0.2, -0.15) is 0 Å². The van der Waals surface area contributed by atoms with Crippen LogP contribution in [-0.4, -0.2) is 52.9 Å². The molecule has 34 heavy (non-hydrogen) atoms. The van der Waals surface area contributed by atoms with E-state index in [0.29, 0.717) is 24.4 Å². The summed E-state index contributed by atoms with van der Waals surface area (Å²) in [4.78, 5) is 0. The van der Waals surface area contributed by atoms with Crippen LogP contribution < -0.4 is 0 Å². The fraction of sp³-hybridized carbons (Fsp3) is 0.800. The van der Waals surface area contributed by atoms with Crippen molar-refractivity contribution in [2.75, 3.05) is 40.6 Å². The van der Waals surface area contributed by atoms with E-state index in [1.807, 2.05) is 0 Å². The molecule has 2 fully saturated rings. The second kappa shape index (κ2) is 18.3. The molecule has 2 bridgehead atoms. The average molecular weight is 481 g/mol. The van der Waals surface area contributed by atoms with Crippen LogP contribution in [0.25, 0.3) is 0 Å². The van der Waals surface area contributed by atoms with Gasteiger partial charge in [-0.05, 0) is 74.0 Å². The highest BCUT2D eigenvalue weighted by Gasteiger charge is 2.35. The molecular weight excluding hydrogens is 424 g/mol. The van der Waals surface area contributed by atoms with E-state index in [0.717, 1.165) is 50.4 Å². The lowest BCUT2D eigenvalue weighted by Crippen LogP contribution is -2.21. The van der Waals surface area contributed by atoms with E-state index >= 15 is 0 Å². The zero-order valence-electron chi connectivity index (χ0n) is 21.0. The normalized spacial score (nSPS) is 30.5. The minimum Gasteiger partial charge on any atom is -0.379 e. The number of fused-ring (bicyclic) bond motifs is 2. The lowest BCUT2D eigenvalue weighted by molar-refractivity contribution is -0.00674. The van der Waals surface area contributed by atoms with Gasteiger partial charge in [-0.25, -0.2) is 0 Å². The Labute approximate surface area is 212 Å². The van der Waals surface area contributed by atoms with Crippen molar-refractivity contribution in [2.24, 2.45) is 35.5 Å². The Morgan fingerprint density at radius 3 is 1.79 bits per heavy atom. The highest BCUT2D eigenvalue weighted by molar-refractivity contribution is 5.10. The predicted molar refractivity (Wildman–Crippen MR) is 146 cm³/mol. The van der Waals surface area contributed by atoms with E-state index < -0.39 is 0 Å². The molecule has 0 saturated heterocycles. The SMILES string of the molecule is C.C.C=CC1CC(C=C)C(COCC(CC)OC)C1.CCC(COCC1CC2C=CC1C2)OC. The number of rotatable bonds is 14. The summed E-state index contributed by atoms with van der Waals surface area (Å²) < 4.78 is 22.1. The smallest absolute Gasteiger partial charge is 0.0802 e. The number of allylic oxidation sites excluding steroid dienone is 4. The van der Waals surface area contributed by atoms with Crippen LogP contribution in [0.15, 0.2) is 37.5 Å². The Hall–Kier alpha value is -0.940. The van der Waals surface area contributed by atoms with Crippen molar-refractivity contribution >= 4 is 0 Å². The van der Waals surface area contributed by atoms with Crippen LogP contribution in [0, 0.1) is 35.5 Å². The van der Waals surface area contributed by atoms with Gasteiger partial charge in [-0.3, -0.25) is 0 Å². The van der Waals surface area contributed by atoms with Gasteiger partial charge in [0.1, 0.15) is 0 Å². The van der Waals surface area contributed by atoms with E-state index in [1.165, 1.54) is 25.7 Å². The molecule has 3 aliphatic carbocycles. The van der Waals surface area contributed by atoms with Crippen molar-refractivity contribution in [2.45, 2.75) is 79.4 Å². The first-order chi connectivity index (χ1) is 15.6. The Bertz CT molecular complexity index is 552. The van der Waals surface area contributed by atoms with Crippen LogP contribution in [0.2, 0.25) is 0 Å². The zero-order valence-corrected chi connectivity index (χ0v) is 21.0. The molecule has 0 spiro atoms. The molecule has 8 atom stereocenters. The van der Waals surface area contributed by atoms with Crippen LogP contribution in [-0.2, 0) is 18.9 Å². The summed E-state index contributed by atoms with van der Waals surface area (Å²) in [6, 6.07) is 0. The van der Waals surface area contributed by atoms with Crippen LogP contribution in [0.4, 0.5) is 0 Å². The summed E-state index contributed by atoms with van der Waals surface area (Å²) in [6.45, 7) is 15.3. The number of hydrogen-bond donors (Lipinski definition) is 0. The Balaban J connectivity index is 0.000000608. The van der Waals surface area contributed by atoms with Crippen LogP contribution in [0.5, 0.6) is 0 Å². The molecule has 0 heterocycles. The van der Waals surface area contributed by atoms with E-state index in [1.54, 1.807) is 14.2 Å². The van der Waals surface area contributed by atoms with E-state index in [4.69, 9.17) is 18.9 Å². The van der Waals surface area contributed by atoms with Crippen LogP contribution >= 0.6 is 0 Å². The minimum atomic E-state index is 0. The summed E-state index contributed by atoms with van der Waals surface area (Å²) in [5.41, 5.74) is 0. The molecule has 4 nitrogen and oxygen atoms in total. The summed E-state index contributed by atoms with van der Waals surface area (Å²) >= 11 is 0. The average Bonchev–Trinajstić information content (AvgIpc) is 3.55. The van der Waals surface area contributed by atoms with E-state index in [-0.39, 0.29) is 27.1 Å². The van der Waals surface area contributed by atoms with Gasteiger partial charge in [-0.15, -0.1) is 13.2 Å². The maximum absolute atomic E-state index is 5.78. The molecule has 0 aliphatic heterocycles. The molecule has 3 aliphatic rings. The lowest BCUT2D eigenvalue weighted by Gasteiger charge is -2.20. The lowest BCUT2D eigenvalue weighted by atomic mass is 9.95. The maximum atomic E-state index is 5.78. The summed E-state index contributed by atoms with van der Waals surface area (Å²) in [7, 11) is 3.51. The van der Waals surface area contributed by atoms with Crippen LogP contribution in [0.1, 0.15) is 67.2 Å². The molecule has 0 aromatic heterocycles. The van der Waals surface area contributed by atoms with Gasteiger partial charge >= 0.3 is 0 Å². The molecule has 0 aromatic carbocycles. The summed E-state index contributed by atoms with van der Waals surface area (Å²) in [5, 5.41) is 0. The second-order valence-corrected chi connectivity index (χ2v) is 9.77. The topological polar surface area (TPSA) is 36.9 Å². The Morgan fingerprint density at radius 2 is 1.38 bits per heavy atom. The molecular formula is C30H56O4. The standard InChI is InChI=1S/C15H26O2.C13H22O2.2CH4/c1-5-12-8-13(6-2)14(9-12)10-17-11-15(7-3)16-4;1-3-13(14-2)9-15-8-12-7-10-4-5-11(12)6-10;;/h5-6,12-15H,1-2,7-11H2,3-4H3;4-5,10-13H,3,6-9H2,1-2H3;2*1H4. The van der Waals surface area contributed by atoms with Crippen molar-refractivity contribution in [3.63, 3.8) is 0 Å². The van der Waals surface area contributed by atoms with E-state index in [9.17, 15) is 0 Å². The first-order valence-corrected chi connectivity index (χ1v) is 12.7. The fourth-order valence-electron chi connectivity index (χ4n) is 5.37. The van der Waals surface area contributed by atoms with Crippen molar-refractivity contribution in [1.29, 1.82) is 0 Å². The van der Waals surface area contributed by atoms with Crippen molar-refractivity contribution in [3.05, 3.63) is 37.5 Å². The predicted octanol–water partition coefficient (Wildman–Crippen LogP) is 7.35. The van der Waals surface area contributed by atoms with Gasteiger partial charge < -0.3 is 18.9 Å². The molecule has 0 N–H and O–H groups in total.